The van der Waals surface area contributed by atoms with E-state index in [4.69, 9.17) is 5.11 Å². The van der Waals surface area contributed by atoms with Gasteiger partial charge in [-0.1, -0.05) is 0 Å². The number of thiophene rings is 1. The van der Waals surface area contributed by atoms with Crippen molar-refractivity contribution in [2.75, 3.05) is 0 Å². The van der Waals surface area contributed by atoms with Crippen molar-refractivity contribution in [1.29, 1.82) is 0 Å². The van der Waals surface area contributed by atoms with Crippen LogP contribution in [-0.4, -0.2) is 20.9 Å². The van der Waals surface area contributed by atoms with E-state index in [1.165, 1.54) is 23.5 Å². The summed E-state index contributed by atoms with van der Waals surface area (Å²) in [6.45, 7) is 3.63. The fourth-order valence-electron chi connectivity index (χ4n) is 2.17. The number of hydrogen-bond donors (Lipinski definition) is 1. The molecule has 0 atom stereocenters. The van der Waals surface area contributed by atoms with E-state index in [0.29, 0.717) is 0 Å². The first-order valence-electron chi connectivity index (χ1n) is 5.96. The van der Waals surface area contributed by atoms with E-state index in [2.05, 4.69) is 5.10 Å². The fourth-order valence-corrected chi connectivity index (χ4v) is 3.19. The monoisotopic (exact) mass is 290 g/mol. The first-order chi connectivity index (χ1) is 9.47. The van der Waals surface area contributed by atoms with E-state index in [0.717, 1.165) is 27.2 Å². The summed E-state index contributed by atoms with van der Waals surface area (Å²) < 4.78 is 14.9. The molecule has 0 aliphatic heterocycles. The lowest BCUT2D eigenvalue weighted by Gasteiger charge is -2.06. The molecule has 3 aromatic rings. The van der Waals surface area contributed by atoms with Crippen molar-refractivity contribution in [1.82, 2.24) is 9.78 Å². The van der Waals surface area contributed by atoms with Crippen molar-refractivity contribution in [3.8, 4) is 5.69 Å². The summed E-state index contributed by atoms with van der Waals surface area (Å²) in [5, 5.41) is 14.3. The van der Waals surface area contributed by atoms with Gasteiger partial charge in [0, 0.05) is 5.39 Å². The highest BCUT2D eigenvalue weighted by molar-refractivity contribution is 7.20. The smallest absolute Gasteiger partial charge is 0.345 e. The van der Waals surface area contributed by atoms with Gasteiger partial charge in [0.25, 0.3) is 0 Å². The Morgan fingerprint density at radius 2 is 2.10 bits per heavy atom. The predicted molar refractivity (Wildman–Crippen MR) is 75.3 cm³/mol. The molecule has 3 rings (SSSR count). The highest BCUT2D eigenvalue weighted by Crippen LogP contribution is 2.31. The van der Waals surface area contributed by atoms with Gasteiger partial charge in [-0.05, 0) is 43.7 Å². The lowest BCUT2D eigenvalue weighted by atomic mass is 10.2. The number of carboxylic acids is 1. The van der Waals surface area contributed by atoms with Gasteiger partial charge in [0.05, 0.1) is 11.4 Å². The van der Waals surface area contributed by atoms with Crippen molar-refractivity contribution in [2.45, 2.75) is 13.8 Å². The zero-order chi connectivity index (χ0) is 14.4. The molecule has 0 aliphatic carbocycles. The number of benzene rings is 1. The minimum absolute atomic E-state index is 0.272. The van der Waals surface area contributed by atoms with E-state index in [1.807, 2.05) is 6.92 Å². The Balaban J connectivity index is 2.28. The lowest BCUT2D eigenvalue weighted by molar-refractivity contribution is 0.0702. The van der Waals surface area contributed by atoms with E-state index in [1.54, 1.807) is 23.7 Å². The van der Waals surface area contributed by atoms with Crippen LogP contribution in [0.15, 0.2) is 24.3 Å². The first-order valence-corrected chi connectivity index (χ1v) is 6.78. The average Bonchev–Trinajstić information content (AvgIpc) is 2.91. The van der Waals surface area contributed by atoms with Crippen LogP contribution in [0.25, 0.3) is 15.9 Å². The van der Waals surface area contributed by atoms with Gasteiger partial charge < -0.3 is 5.11 Å². The van der Waals surface area contributed by atoms with E-state index < -0.39 is 5.97 Å². The normalized spacial score (nSPS) is 11.2. The molecule has 0 saturated heterocycles. The number of hydrogen-bond acceptors (Lipinski definition) is 3. The van der Waals surface area contributed by atoms with E-state index in [9.17, 15) is 9.18 Å². The number of nitrogens with zero attached hydrogens (tertiary/aromatic N) is 2. The molecule has 0 spiro atoms. The second-order valence-electron chi connectivity index (χ2n) is 4.56. The maximum atomic E-state index is 13.2. The molecular weight excluding hydrogens is 279 g/mol. The molecular formula is C14H11FN2O2S. The Bertz CT molecular complexity index is 835. The zero-order valence-corrected chi connectivity index (χ0v) is 11.7. The van der Waals surface area contributed by atoms with Crippen LogP contribution in [0.1, 0.15) is 20.9 Å². The summed E-state index contributed by atoms with van der Waals surface area (Å²) in [5.41, 5.74) is 2.26. The molecule has 0 bridgehead atoms. The van der Waals surface area contributed by atoms with Gasteiger partial charge in [-0.3, -0.25) is 0 Å². The lowest BCUT2D eigenvalue weighted by Crippen LogP contribution is -1.99. The molecule has 0 fully saturated rings. The largest absolute Gasteiger partial charge is 0.477 e. The topological polar surface area (TPSA) is 55.1 Å². The maximum absolute atomic E-state index is 13.2. The summed E-state index contributed by atoms with van der Waals surface area (Å²) in [4.78, 5) is 12.1. The highest BCUT2D eigenvalue weighted by atomic mass is 32.1. The van der Waals surface area contributed by atoms with Crippen molar-refractivity contribution < 1.29 is 14.3 Å². The summed E-state index contributed by atoms with van der Waals surface area (Å²) in [5.74, 6) is -1.25. The van der Waals surface area contributed by atoms with Crippen molar-refractivity contribution in [2.24, 2.45) is 0 Å². The molecule has 4 nitrogen and oxygen atoms in total. The molecule has 102 valence electrons. The van der Waals surface area contributed by atoms with Gasteiger partial charge in [0.1, 0.15) is 15.5 Å². The molecule has 6 heteroatoms. The molecule has 0 amide bonds. The second kappa shape index (κ2) is 4.42. The van der Waals surface area contributed by atoms with Gasteiger partial charge in [0.15, 0.2) is 0 Å². The Morgan fingerprint density at radius 1 is 1.35 bits per heavy atom. The van der Waals surface area contributed by atoms with Crippen LogP contribution < -0.4 is 0 Å². The predicted octanol–water partition coefficient (Wildman–Crippen LogP) is 3.54. The summed E-state index contributed by atoms with van der Waals surface area (Å²) in [7, 11) is 0. The summed E-state index contributed by atoms with van der Waals surface area (Å²) in [6.07, 6.45) is 0. The van der Waals surface area contributed by atoms with E-state index in [-0.39, 0.29) is 10.7 Å². The third-order valence-corrected chi connectivity index (χ3v) is 4.24. The third kappa shape index (κ3) is 1.89. The fraction of sp³-hybridized carbons (Fsp3) is 0.143. The van der Waals surface area contributed by atoms with Crippen molar-refractivity contribution in [3.05, 3.63) is 46.2 Å². The Kier molecular flexibility index (Phi) is 2.83. The van der Waals surface area contributed by atoms with Crippen LogP contribution in [-0.2, 0) is 0 Å². The molecule has 0 saturated carbocycles. The van der Waals surface area contributed by atoms with Gasteiger partial charge in [0.2, 0.25) is 0 Å². The standard InChI is InChI=1S/C14H11FN2O2S/c1-7-5-9(15)3-4-11(7)17-13-10(8(2)16-17)6-12(20-13)14(18)19/h3-6H,1-2H3,(H,18,19). The van der Waals surface area contributed by atoms with Crippen LogP contribution >= 0.6 is 11.3 Å². The highest BCUT2D eigenvalue weighted by Gasteiger charge is 2.17. The van der Waals surface area contributed by atoms with Crippen LogP contribution in [0.4, 0.5) is 4.39 Å². The third-order valence-electron chi connectivity index (χ3n) is 3.14. The van der Waals surface area contributed by atoms with Gasteiger partial charge in [-0.15, -0.1) is 11.3 Å². The number of halogens is 1. The minimum Gasteiger partial charge on any atom is -0.477 e. The molecule has 1 N–H and O–H groups in total. The quantitative estimate of drug-likeness (QED) is 0.785. The van der Waals surface area contributed by atoms with Gasteiger partial charge >= 0.3 is 5.97 Å². The minimum atomic E-state index is -0.951. The number of carboxylic acid groups (broad SMARTS) is 1. The van der Waals surface area contributed by atoms with Crippen LogP contribution in [0.2, 0.25) is 0 Å². The Morgan fingerprint density at radius 3 is 2.75 bits per heavy atom. The Labute approximate surface area is 118 Å². The number of fused-ring (bicyclic) bond motifs is 1. The summed E-state index contributed by atoms with van der Waals surface area (Å²) in [6, 6.07) is 6.08. The number of aryl methyl sites for hydroxylation is 2. The zero-order valence-electron chi connectivity index (χ0n) is 10.8. The number of carbonyl (C=O) groups is 1. The molecule has 20 heavy (non-hydrogen) atoms. The van der Waals surface area contributed by atoms with E-state index >= 15 is 0 Å². The van der Waals surface area contributed by atoms with Gasteiger partial charge in [-0.25, -0.2) is 13.9 Å². The van der Waals surface area contributed by atoms with Crippen molar-refractivity contribution >= 4 is 27.5 Å². The van der Waals surface area contributed by atoms with Crippen LogP contribution in [0, 0.1) is 19.7 Å². The number of rotatable bonds is 2. The van der Waals surface area contributed by atoms with Crippen LogP contribution in [0.3, 0.4) is 0 Å². The molecule has 2 aromatic heterocycles. The molecule has 1 aromatic carbocycles. The Hall–Kier alpha value is -2.21. The van der Waals surface area contributed by atoms with Crippen molar-refractivity contribution in [3.63, 3.8) is 0 Å². The molecule has 2 heterocycles. The average molecular weight is 290 g/mol. The summed E-state index contributed by atoms with van der Waals surface area (Å²) >= 11 is 1.17. The second-order valence-corrected chi connectivity index (χ2v) is 5.59. The first kappa shape index (κ1) is 12.8. The molecule has 0 aliphatic rings. The van der Waals surface area contributed by atoms with Gasteiger partial charge in [-0.2, -0.15) is 5.10 Å². The molecule has 0 radical (unpaired) electrons. The maximum Gasteiger partial charge on any atom is 0.345 e. The number of aromatic nitrogens is 2. The molecule has 0 unspecified atom stereocenters. The van der Waals surface area contributed by atoms with Crippen LogP contribution in [0.5, 0.6) is 0 Å². The SMILES string of the molecule is Cc1cc(F)ccc1-n1nc(C)c2cc(C(=O)O)sc21. The number of aromatic carboxylic acids is 1.